The van der Waals surface area contributed by atoms with Gasteiger partial charge < -0.3 is 25.8 Å². The van der Waals surface area contributed by atoms with E-state index < -0.39 is 42.2 Å². The number of ether oxygens (including phenoxy) is 1. The summed E-state index contributed by atoms with van der Waals surface area (Å²) in [6.07, 6.45) is 1.55. The number of nitrogens with zero attached hydrogens (tertiary/aromatic N) is 1. The molecular formula is C27H30N4O6. The van der Waals surface area contributed by atoms with E-state index in [9.17, 15) is 24.3 Å². The van der Waals surface area contributed by atoms with Crippen molar-refractivity contribution in [2.24, 2.45) is 0 Å². The van der Waals surface area contributed by atoms with Gasteiger partial charge >= 0.3 is 5.97 Å². The SMILES string of the molecule is COCC(NC(=O)C(CC(=O)O)NC(=O)CCc1ccccc1)C(=O)NCc1cccc2cccnc12. The third kappa shape index (κ3) is 8.39. The summed E-state index contributed by atoms with van der Waals surface area (Å²) >= 11 is 0. The fraction of sp³-hybridized carbons (Fsp3) is 0.296. The van der Waals surface area contributed by atoms with Gasteiger partial charge in [0.05, 0.1) is 18.5 Å². The van der Waals surface area contributed by atoms with Crippen LogP contribution in [0.15, 0.2) is 66.9 Å². The van der Waals surface area contributed by atoms with Crippen LogP contribution in [-0.2, 0) is 36.9 Å². The summed E-state index contributed by atoms with van der Waals surface area (Å²) in [6, 6.07) is 16.2. The summed E-state index contributed by atoms with van der Waals surface area (Å²) in [7, 11) is 1.38. The van der Waals surface area contributed by atoms with Gasteiger partial charge in [0.1, 0.15) is 12.1 Å². The number of aromatic nitrogens is 1. The van der Waals surface area contributed by atoms with E-state index in [-0.39, 0.29) is 19.6 Å². The Morgan fingerprint density at radius 3 is 2.41 bits per heavy atom. The van der Waals surface area contributed by atoms with Gasteiger partial charge in [-0.15, -0.1) is 0 Å². The maximum atomic E-state index is 12.9. The number of aliphatic carboxylic acids is 1. The highest BCUT2D eigenvalue weighted by molar-refractivity contribution is 5.94. The third-order valence-corrected chi connectivity index (χ3v) is 5.65. The summed E-state index contributed by atoms with van der Waals surface area (Å²) < 4.78 is 5.09. The molecule has 0 aliphatic rings. The van der Waals surface area contributed by atoms with Crippen molar-refractivity contribution in [2.45, 2.75) is 37.9 Å². The molecule has 0 aliphatic carbocycles. The maximum absolute atomic E-state index is 12.9. The fourth-order valence-corrected chi connectivity index (χ4v) is 3.79. The average Bonchev–Trinajstić information content (AvgIpc) is 2.90. The van der Waals surface area contributed by atoms with Crippen molar-refractivity contribution in [1.29, 1.82) is 0 Å². The van der Waals surface area contributed by atoms with Crippen LogP contribution in [0.2, 0.25) is 0 Å². The smallest absolute Gasteiger partial charge is 0.305 e. The van der Waals surface area contributed by atoms with Crippen LogP contribution in [-0.4, -0.2) is 59.6 Å². The van der Waals surface area contributed by atoms with E-state index in [4.69, 9.17) is 4.74 Å². The number of carbonyl (C=O) groups is 4. The molecule has 37 heavy (non-hydrogen) atoms. The average molecular weight is 507 g/mol. The summed E-state index contributed by atoms with van der Waals surface area (Å²) in [6.45, 7) is 0.0190. The van der Waals surface area contributed by atoms with Crippen molar-refractivity contribution in [3.63, 3.8) is 0 Å². The molecule has 3 rings (SSSR count). The van der Waals surface area contributed by atoms with Crippen molar-refractivity contribution in [3.05, 3.63) is 78.0 Å². The van der Waals surface area contributed by atoms with Gasteiger partial charge in [-0.05, 0) is 23.6 Å². The van der Waals surface area contributed by atoms with E-state index in [1.54, 1.807) is 6.20 Å². The van der Waals surface area contributed by atoms with Crippen LogP contribution in [0.3, 0.4) is 0 Å². The van der Waals surface area contributed by atoms with Gasteiger partial charge in [-0.2, -0.15) is 0 Å². The number of amides is 3. The molecule has 2 unspecified atom stereocenters. The molecule has 0 aliphatic heterocycles. The van der Waals surface area contributed by atoms with Crippen molar-refractivity contribution < 1.29 is 29.0 Å². The predicted molar refractivity (Wildman–Crippen MR) is 136 cm³/mol. The molecule has 1 aromatic heterocycles. The molecule has 194 valence electrons. The molecule has 3 amide bonds. The number of hydrogen-bond acceptors (Lipinski definition) is 6. The normalized spacial score (nSPS) is 12.4. The number of aryl methyl sites for hydroxylation is 1. The number of carboxylic acid groups (broad SMARTS) is 1. The number of nitrogens with one attached hydrogen (secondary N) is 3. The first-order valence-electron chi connectivity index (χ1n) is 11.8. The van der Waals surface area contributed by atoms with Gasteiger partial charge in [0, 0.05) is 31.7 Å². The summed E-state index contributed by atoms with van der Waals surface area (Å²) in [5, 5.41) is 17.9. The van der Waals surface area contributed by atoms with E-state index in [0.717, 1.165) is 22.0 Å². The monoisotopic (exact) mass is 506 g/mol. The highest BCUT2D eigenvalue weighted by Gasteiger charge is 2.28. The standard InChI is InChI=1S/C27H30N4O6/c1-37-17-22(26(35)29-16-20-10-5-9-19-11-6-14-28-25(19)20)31-27(36)21(15-24(33)34)30-23(32)13-12-18-7-3-2-4-8-18/h2-11,14,21-22H,12-13,15-17H2,1H3,(H,29,35)(H,30,32)(H,31,36)(H,33,34). The predicted octanol–water partition coefficient (Wildman–Crippen LogP) is 1.57. The van der Waals surface area contributed by atoms with Crippen molar-refractivity contribution in [1.82, 2.24) is 20.9 Å². The van der Waals surface area contributed by atoms with Crippen LogP contribution >= 0.6 is 0 Å². The minimum atomic E-state index is -1.35. The van der Waals surface area contributed by atoms with Crippen LogP contribution < -0.4 is 16.0 Å². The number of methoxy groups -OCH3 is 1. The van der Waals surface area contributed by atoms with Gasteiger partial charge in [-0.1, -0.05) is 54.6 Å². The quantitative estimate of drug-likeness (QED) is 0.275. The van der Waals surface area contributed by atoms with E-state index in [1.165, 1.54) is 7.11 Å². The second-order valence-electron chi connectivity index (χ2n) is 8.43. The van der Waals surface area contributed by atoms with Gasteiger partial charge in [0.2, 0.25) is 17.7 Å². The van der Waals surface area contributed by atoms with E-state index in [0.29, 0.717) is 6.42 Å². The first kappa shape index (κ1) is 27.3. The zero-order valence-electron chi connectivity index (χ0n) is 20.5. The lowest BCUT2D eigenvalue weighted by Crippen LogP contribution is -2.55. The van der Waals surface area contributed by atoms with Gasteiger partial charge in [0.25, 0.3) is 0 Å². The number of carbonyl (C=O) groups excluding carboxylic acids is 3. The number of para-hydroxylation sites is 1. The van der Waals surface area contributed by atoms with E-state index >= 15 is 0 Å². The Bertz CT molecular complexity index is 1230. The van der Waals surface area contributed by atoms with Crippen LogP contribution in [0.25, 0.3) is 10.9 Å². The maximum Gasteiger partial charge on any atom is 0.305 e. The van der Waals surface area contributed by atoms with Gasteiger partial charge in [-0.3, -0.25) is 24.2 Å². The Labute approximate surface area is 214 Å². The molecule has 10 nitrogen and oxygen atoms in total. The zero-order valence-corrected chi connectivity index (χ0v) is 20.5. The molecule has 0 bridgehead atoms. The first-order valence-corrected chi connectivity index (χ1v) is 11.8. The number of fused-ring (bicyclic) bond motifs is 1. The lowest BCUT2D eigenvalue weighted by atomic mass is 10.1. The van der Waals surface area contributed by atoms with Crippen molar-refractivity contribution >= 4 is 34.6 Å². The molecule has 0 spiro atoms. The third-order valence-electron chi connectivity index (χ3n) is 5.65. The van der Waals surface area contributed by atoms with Gasteiger partial charge in [0.15, 0.2) is 0 Å². The Hall–Kier alpha value is -4.31. The Balaban J connectivity index is 1.61. The number of pyridine rings is 1. The molecule has 3 aromatic rings. The summed E-state index contributed by atoms with van der Waals surface area (Å²) in [5.74, 6) is -3.05. The van der Waals surface area contributed by atoms with Crippen LogP contribution in [0.5, 0.6) is 0 Å². The van der Waals surface area contributed by atoms with Crippen LogP contribution in [0.1, 0.15) is 24.0 Å². The Morgan fingerprint density at radius 2 is 1.68 bits per heavy atom. The summed E-state index contributed by atoms with van der Waals surface area (Å²) in [4.78, 5) is 53.9. The number of benzene rings is 2. The lowest BCUT2D eigenvalue weighted by Gasteiger charge is -2.22. The second-order valence-corrected chi connectivity index (χ2v) is 8.43. The van der Waals surface area contributed by atoms with Crippen LogP contribution in [0, 0.1) is 0 Å². The van der Waals surface area contributed by atoms with Gasteiger partial charge in [-0.25, -0.2) is 0 Å². The molecule has 1 heterocycles. The van der Waals surface area contributed by atoms with Crippen molar-refractivity contribution in [2.75, 3.05) is 13.7 Å². The number of hydrogen-bond donors (Lipinski definition) is 4. The van der Waals surface area contributed by atoms with Crippen molar-refractivity contribution in [3.8, 4) is 0 Å². The molecule has 2 atom stereocenters. The van der Waals surface area contributed by atoms with E-state index in [2.05, 4.69) is 20.9 Å². The topological polar surface area (TPSA) is 147 Å². The largest absolute Gasteiger partial charge is 0.481 e. The molecule has 10 heteroatoms. The number of rotatable bonds is 13. The number of carboxylic acids is 1. The first-order chi connectivity index (χ1) is 17.9. The fourth-order valence-electron chi connectivity index (χ4n) is 3.79. The van der Waals surface area contributed by atoms with E-state index in [1.807, 2.05) is 60.7 Å². The molecule has 2 aromatic carbocycles. The highest BCUT2D eigenvalue weighted by Crippen LogP contribution is 2.15. The highest BCUT2D eigenvalue weighted by atomic mass is 16.5. The molecule has 4 N–H and O–H groups in total. The molecule has 0 saturated carbocycles. The Morgan fingerprint density at radius 1 is 0.919 bits per heavy atom. The Kier molecular flexibility index (Phi) is 10.1. The minimum Gasteiger partial charge on any atom is -0.481 e. The molecule has 0 radical (unpaired) electrons. The summed E-state index contributed by atoms with van der Waals surface area (Å²) in [5.41, 5.74) is 2.48. The second kappa shape index (κ2) is 13.7. The van der Waals surface area contributed by atoms with Crippen LogP contribution in [0.4, 0.5) is 0 Å². The molecule has 0 fully saturated rings. The zero-order chi connectivity index (χ0) is 26.6. The lowest BCUT2D eigenvalue weighted by molar-refractivity contribution is -0.141. The molecule has 0 saturated heterocycles. The molecular weight excluding hydrogens is 476 g/mol. The minimum absolute atomic E-state index is 0.0778.